The summed E-state index contributed by atoms with van der Waals surface area (Å²) in [7, 11) is 0. The van der Waals surface area contributed by atoms with Gasteiger partial charge < -0.3 is 10.4 Å². The van der Waals surface area contributed by atoms with Crippen LogP contribution in [0.1, 0.15) is 57.8 Å². The number of alkyl halides is 3. The molecule has 1 saturated carbocycles. The molecule has 0 bridgehead atoms. The van der Waals surface area contributed by atoms with E-state index in [2.05, 4.69) is 5.32 Å². The van der Waals surface area contributed by atoms with Gasteiger partial charge in [-0.25, -0.2) is 0 Å². The van der Waals surface area contributed by atoms with Crippen LogP contribution in [0.25, 0.3) is 0 Å². The molecule has 122 valence electrons. The van der Waals surface area contributed by atoms with E-state index in [1.807, 2.05) is 0 Å². The van der Waals surface area contributed by atoms with Crippen LogP contribution in [-0.2, 0) is 9.59 Å². The van der Waals surface area contributed by atoms with Crippen molar-refractivity contribution in [3.05, 3.63) is 0 Å². The lowest BCUT2D eigenvalue weighted by Gasteiger charge is -2.27. The fraction of sp³-hybridized carbons (Fsp3) is 0.857. The summed E-state index contributed by atoms with van der Waals surface area (Å²) < 4.78 is 35.9. The zero-order valence-electron chi connectivity index (χ0n) is 12.0. The fourth-order valence-corrected chi connectivity index (χ4v) is 2.76. The number of carbonyl (C=O) groups excluding carboxylic acids is 1. The Balaban J connectivity index is 2.44. The SMILES string of the molecule is O=C(CC1(C(=O)O)CCCCCC1)NCCCC(F)(F)F. The van der Waals surface area contributed by atoms with Crippen molar-refractivity contribution in [2.24, 2.45) is 5.41 Å². The number of halogens is 3. The molecular formula is C14H22F3NO3. The second-order valence-electron chi connectivity index (χ2n) is 5.75. The third-order valence-corrected chi connectivity index (χ3v) is 3.97. The van der Waals surface area contributed by atoms with Gasteiger partial charge in [0.25, 0.3) is 0 Å². The van der Waals surface area contributed by atoms with Crippen LogP contribution in [0.3, 0.4) is 0 Å². The number of carboxylic acids is 1. The Bertz CT molecular complexity index is 361. The minimum absolute atomic E-state index is 0.0754. The van der Waals surface area contributed by atoms with Gasteiger partial charge in [0.05, 0.1) is 5.41 Å². The van der Waals surface area contributed by atoms with E-state index in [9.17, 15) is 27.9 Å². The predicted octanol–water partition coefficient (Wildman–Crippen LogP) is 3.26. The number of carboxylic acid groups (broad SMARTS) is 1. The lowest BCUT2D eigenvalue weighted by molar-refractivity contribution is -0.152. The Hall–Kier alpha value is -1.27. The summed E-state index contributed by atoms with van der Waals surface area (Å²) in [5.74, 6) is -1.45. The zero-order valence-corrected chi connectivity index (χ0v) is 12.0. The smallest absolute Gasteiger partial charge is 0.389 e. The van der Waals surface area contributed by atoms with E-state index in [1.54, 1.807) is 0 Å². The van der Waals surface area contributed by atoms with Crippen molar-refractivity contribution in [1.82, 2.24) is 5.32 Å². The van der Waals surface area contributed by atoms with Gasteiger partial charge >= 0.3 is 12.1 Å². The minimum Gasteiger partial charge on any atom is -0.481 e. The van der Waals surface area contributed by atoms with E-state index < -0.39 is 29.9 Å². The molecule has 0 aliphatic heterocycles. The maximum absolute atomic E-state index is 12.0. The first-order valence-corrected chi connectivity index (χ1v) is 7.32. The van der Waals surface area contributed by atoms with Crippen molar-refractivity contribution in [2.45, 2.75) is 64.0 Å². The maximum Gasteiger partial charge on any atom is 0.389 e. The van der Waals surface area contributed by atoms with Crippen molar-refractivity contribution in [3.63, 3.8) is 0 Å². The molecule has 0 aromatic rings. The van der Waals surface area contributed by atoms with Crippen LogP contribution in [0, 0.1) is 5.41 Å². The molecule has 0 aromatic carbocycles. The summed E-state index contributed by atoms with van der Waals surface area (Å²) in [6.45, 7) is -0.0754. The molecule has 4 nitrogen and oxygen atoms in total. The second-order valence-corrected chi connectivity index (χ2v) is 5.75. The summed E-state index contributed by atoms with van der Waals surface area (Å²) in [6.07, 6.45) is -1.13. The third-order valence-electron chi connectivity index (χ3n) is 3.97. The molecule has 7 heteroatoms. The first-order chi connectivity index (χ1) is 9.75. The molecular weight excluding hydrogens is 287 g/mol. The molecule has 0 aromatic heterocycles. The van der Waals surface area contributed by atoms with Gasteiger partial charge in [-0.3, -0.25) is 9.59 Å². The number of hydrogen-bond acceptors (Lipinski definition) is 2. The zero-order chi connectivity index (χ0) is 15.9. The highest BCUT2D eigenvalue weighted by atomic mass is 19.4. The molecule has 21 heavy (non-hydrogen) atoms. The molecule has 0 unspecified atom stereocenters. The highest BCUT2D eigenvalue weighted by Crippen LogP contribution is 2.38. The lowest BCUT2D eigenvalue weighted by atomic mass is 9.77. The predicted molar refractivity (Wildman–Crippen MR) is 70.7 cm³/mol. The molecule has 0 heterocycles. The number of carbonyl (C=O) groups is 2. The molecule has 0 spiro atoms. The Kier molecular flexibility index (Phi) is 6.48. The maximum atomic E-state index is 12.0. The Morgan fingerprint density at radius 3 is 2.14 bits per heavy atom. The van der Waals surface area contributed by atoms with Crippen LogP contribution < -0.4 is 5.32 Å². The van der Waals surface area contributed by atoms with Crippen molar-refractivity contribution in [2.75, 3.05) is 6.54 Å². The molecule has 1 rings (SSSR count). The van der Waals surface area contributed by atoms with Gasteiger partial charge in [0.1, 0.15) is 0 Å². The molecule has 1 aliphatic rings. The van der Waals surface area contributed by atoms with Crippen LogP contribution in [0.5, 0.6) is 0 Å². The highest BCUT2D eigenvalue weighted by Gasteiger charge is 2.40. The van der Waals surface area contributed by atoms with Crippen molar-refractivity contribution >= 4 is 11.9 Å². The van der Waals surface area contributed by atoms with Gasteiger partial charge in [0.2, 0.25) is 5.91 Å². The van der Waals surface area contributed by atoms with Crippen LogP contribution in [0.2, 0.25) is 0 Å². The molecule has 0 radical (unpaired) electrons. The van der Waals surface area contributed by atoms with E-state index in [4.69, 9.17) is 0 Å². The number of amides is 1. The monoisotopic (exact) mass is 309 g/mol. The molecule has 1 aliphatic carbocycles. The summed E-state index contributed by atoms with van der Waals surface area (Å²) in [4.78, 5) is 23.3. The van der Waals surface area contributed by atoms with E-state index in [-0.39, 0.29) is 19.4 Å². The normalized spacial score (nSPS) is 18.8. The van der Waals surface area contributed by atoms with Crippen molar-refractivity contribution in [1.29, 1.82) is 0 Å². The van der Waals surface area contributed by atoms with Crippen molar-refractivity contribution in [3.8, 4) is 0 Å². The number of nitrogens with one attached hydrogen (secondary N) is 1. The first kappa shape index (κ1) is 17.8. The summed E-state index contributed by atoms with van der Waals surface area (Å²) in [5.41, 5.74) is -1.05. The van der Waals surface area contributed by atoms with Gasteiger partial charge in [0, 0.05) is 19.4 Å². The van der Waals surface area contributed by atoms with Crippen LogP contribution >= 0.6 is 0 Å². The van der Waals surface area contributed by atoms with E-state index >= 15 is 0 Å². The highest BCUT2D eigenvalue weighted by molar-refractivity contribution is 5.85. The van der Waals surface area contributed by atoms with Crippen LogP contribution in [-0.4, -0.2) is 29.7 Å². The number of rotatable bonds is 6. The fourth-order valence-electron chi connectivity index (χ4n) is 2.76. The van der Waals surface area contributed by atoms with Crippen LogP contribution in [0.15, 0.2) is 0 Å². The van der Waals surface area contributed by atoms with E-state index in [1.165, 1.54) is 0 Å². The van der Waals surface area contributed by atoms with E-state index in [0.717, 1.165) is 25.7 Å². The standard InChI is InChI=1S/C14H22F3NO3/c15-14(16,17)8-5-9-18-11(19)10-13(12(20)21)6-3-1-2-4-7-13/h1-10H2,(H,18,19)(H,20,21). The number of aliphatic carboxylic acids is 1. The topological polar surface area (TPSA) is 66.4 Å². The minimum atomic E-state index is -4.23. The van der Waals surface area contributed by atoms with E-state index in [0.29, 0.717) is 12.8 Å². The molecule has 0 saturated heterocycles. The Morgan fingerprint density at radius 2 is 1.67 bits per heavy atom. The van der Waals surface area contributed by atoms with Crippen molar-refractivity contribution < 1.29 is 27.9 Å². The Labute approximate surface area is 122 Å². The largest absolute Gasteiger partial charge is 0.481 e. The first-order valence-electron chi connectivity index (χ1n) is 7.32. The average Bonchev–Trinajstić information content (AvgIpc) is 2.60. The van der Waals surface area contributed by atoms with Gasteiger partial charge in [0.15, 0.2) is 0 Å². The summed E-state index contributed by atoms with van der Waals surface area (Å²) in [6, 6.07) is 0. The van der Waals surface area contributed by atoms with Crippen LogP contribution in [0.4, 0.5) is 13.2 Å². The van der Waals surface area contributed by atoms with Gasteiger partial charge in [-0.05, 0) is 19.3 Å². The summed E-state index contributed by atoms with van der Waals surface area (Å²) >= 11 is 0. The molecule has 1 fully saturated rings. The second kappa shape index (κ2) is 7.66. The van der Waals surface area contributed by atoms with Gasteiger partial charge in [-0.15, -0.1) is 0 Å². The molecule has 1 amide bonds. The molecule has 0 atom stereocenters. The third kappa shape index (κ3) is 6.35. The lowest BCUT2D eigenvalue weighted by Crippen LogP contribution is -2.37. The Morgan fingerprint density at radius 1 is 1.10 bits per heavy atom. The number of hydrogen-bond donors (Lipinski definition) is 2. The van der Waals surface area contributed by atoms with Gasteiger partial charge in [-0.1, -0.05) is 25.7 Å². The average molecular weight is 309 g/mol. The quantitative estimate of drug-likeness (QED) is 0.584. The molecule has 2 N–H and O–H groups in total. The van der Waals surface area contributed by atoms with Gasteiger partial charge in [-0.2, -0.15) is 13.2 Å². The summed E-state index contributed by atoms with van der Waals surface area (Å²) in [5, 5.41) is 11.8.